The molecule has 5 nitrogen and oxygen atoms in total. The first-order valence-corrected chi connectivity index (χ1v) is 8.36. The zero-order chi connectivity index (χ0) is 18.1. The standard InChI is InChI=1S/C21H20N4O/c1-24(17-4-3-5-19(13-17)26-2)18-7-8-20-15(12-18)10-11-25(20)21-9-6-16(22)14-23-21/h3-14H,22H2,1-2H3. The number of anilines is 3. The first-order valence-electron chi connectivity index (χ1n) is 8.36. The number of hydrogen-bond donors (Lipinski definition) is 1. The number of pyridine rings is 1. The molecule has 2 aromatic carbocycles. The fraction of sp³-hybridized carbons (Fsp3) is 0.0952. The molecule has 0 fully saturated rings. The van der Waals surface area contributed by atoms with Crippen LogP contribution in [0.1, 0.15) is 0 Å². The Morgan fingerprint density at radius 3 is 2.62 bits per heavy atom. The molecule has 2 heterocycles. The lowest BCUT2D eigenvalue weighted by Gasteiger charge is -2.20. The average Bonchev–Trinajstić information content (AvgIpc) is 3.11. The monoisotopic (exact) mass is 344 g/mol. The van der Waals surface area contributed by atoms with Crippen LogP contribution in [0.4, 0.5) is 17.1 Å². The highest BCUT2D eigenvalue weighted by molar-refractivity contribution is 5.86. The molecule has 2 N–H and O–H groups in total. The van der Waals surface area contributed by atoms with E-state index >= 15 is 0 Å². The number of fused-ring (bicyclic) bond motifs is 1. The van der Waals surface area contributed by atoms with Crippen molar-refractivity contribution in [2.24, 2.45) is 0 Å². The molecule has 0 aliphatic carbocycles. The summed E-state index contributed by atoms with van der Waals surface area (Å²) in [5.41, 5.74) is 9.68. The number of aromatic nitrogens is 2. The fourth-order valence-corrected chi connectivity index (χ4v) is 3.05. The van der Waals surface area contributed by atoms with Gasteiger partial charge >= 0.3 is 0 Å². The van der Waals surface area contributed by atoms with E-state index in [0.717, 1.165) is 33.8 Å². The van der Waals surface area contributed by atoms with Crippen molar-refractivity contribution in [1.82, 2.24) is 9.55 Å². The van der Waals surface area contributed by atoms with Crippen molar-refractivity contribution in [3.05, 3.63) is 73.1 Å². The number of nitrogens with two attached hydrogens (primary N) is 1. The molecule has 0 amide bonds. The minimum Gasteiger partial charge on any atom is -0.497 e. The van der Waals surface area contributed by atoms with E-state index in [9.17, 15) is 0 Å². The van der Waals surface area contributed by atoms with E-state index in [1.165, 1.54) is 0 Å². The van der Waals surface area contributed by atoms with Crippen LogP contribution < -0.4 is 15.4 Å². The molecule has 4 rings (SSSR count). The predicted molar refractivity (Wildman–Crippen MR) is 107 cm³/mol. The van der Waals surface area contributed by atoms with Crippen LogP contribution in [-0.4, -0.2) is 23.7 Å². The molecule has 0 saturated heterocycles. The van der Waals surface area contributed by atoms with Gasteiger partial charge in [0, 0.05) is 36.1 Å². The highest BCUT2D eigenvalue weighted by Crippen LogP contribution is 2.30. The van der Waals surface area contributed by atoms with Gasteiger partial charge in [0.2, 0.25) is 0 Å². The molecule has 4 aromatic rings. The summed E-state index contributed by atoms with van der Waals surface area (Å²) in [4.78, 5) is 6.55. The van der Waals surface area contributed by atoms with Gasteiger partial charge < -0.3 is 19.9 Å². The van der Waals surface area contributed by atoms with Gasteiger partial charge in [-0.2, -0.15) is 0 Å². The largest absolute Gasteiger partial charge is 0.497 e. The quantitative estimate of drug-likeness (QED) is 0.597. The van der Waals surface area contributed by atoms with E-state index in [0.29, 0.717) is 5.69 Å². The Morgan fingerprint density at radius 1 is 1.00 bits per heavy atom. The first kappa shape index (κ1) is 16.0. The van der Waals surface area contributed by atoms with E-state index in [4.69, 9.17) is 10.5 Å². The summed E-state index contributed by atoms with van der Waals surface area (Å²) in [6, 6.07) is 20.3. The molecule has 0 aliphatic heterocycles. The van der Waals surface area contributed by atoms with Crippen molar-refractivity contribution in [3.8, 4) is 11.6 Å². The van der Waals surface area contributed by atoms with Gasteiger partial charge in [0.05, 0.1) is 24.5 Å². The Hall–Kier alpha value is -3.47. The molecule has 0 saturated carbocycles. The Morgan fingerprint density at radius 2 is 1.85 bits per heavy atom. The summed E-state index contributed by atoms with van der Waals surface area (Å²) in [5, 5.41) is 1.15. The van der Waals surface area contributed by atoms with Crippen LogP contribution in [-0.2, 0) is 0 Å². The Bertz CT molecular complexity index is 1050. The minimum atomic E-state index is 0.660. The summed E-state index contributed by atoms with van der Waals surface area (Å²) >= 11 is 0. The van der Waals surface area contributed by atoms with Gasteiger partial charge in [0.25, 0.3) is 0 Å². The number of ether oxygens (including phenoxy) is 1. The molecule has 0 spiro atoms. The van der Waals surface area contributed by atoms with Crippen molar-refractivity contribution in [1.29, 1.82) is 0 Å². The van der Waals surface area contributed by atoms with Crippen molar-refractivity contribution in [2.45, 2.75) is 0 Å². The van der Waals surface area contributed by atoms with E-state index < -0.39 is 0 Å². The minimum absolute atomic E-state index is 0.660. The number of methoxy groups -OCH3 is 1. The maximum atomic E-state index is 5.74. The molecule has 0 radical (unpaired) electrons. The van der Waals surface area contributed by atoms with E-state index in [1.807, 2.05) is 36.5 Å². The van der Waals surface area contributed by atoms with Gasteiger partial charge in [-0.05, 0) is 48.5 Å². The van der Waals surface area contributed by atoms with Gasteiger partial charge in [-0.3, -0.25) is 0 Å². The number of nitrogens with zero attached hydrogens (tertiary/aromatic N) is 3. The highest BCUT2D eigenvalue weighted by atomic mass is 16.5. The molecular weight excluding hydrogens is 324 g/mol. The number of rotatable bonds is 4. The summed E-state index contributed by atoms with van der Waals surface area (Å²) in [7, 11) is 3.73. The van der Waals surface area contributed by atoms with Crippen molar-refractivity contribution in [3.63, 3.8) is 0 Å². The summed E-state index contributed by atoms with van der Waals surface area (Å²) < 4.78 is 7.39. The van der Waals surface area contributed by atoms with Gasteiger partial charge in [0.15, 0.2) is 0 Å². The third-order valence-corrected chi connectivity index (χ3v) is 4.52. The summed E-state index contributed by atoms with van der Waals surface area (Å²) in [6.45, 7) is 0. The van der Waals surface area contributed by atoms with Crippen molar-refractivity contribution >= 4 is 28.0 Å². The van der Waals surface area contributed by atoms with Crippen LogP contribution in [0, 0.1) is 0 Å². The second-order valence-electron chi connectivity index (χ2n) is 6.14. The highest BCUT2D eigenvalue weighted by Gasteiger charge is 2.09. The molecule has 0 unspecified atom stereocenters. The third kappa shape index (κ3) is 2.84. The predicted octanol–water partition coefficient (Wildman–Crippen LogP) is 4.38. The maximum absolute atomic E-state index is 5.74. The number of nitrogen functional groups attached to an aromatic ring is 1. The molecular formula is C21H20N4O. The second kappa shape index (κ2) is 6.44. The van der Waals surface area contributed by atoms with Crippen LogP contribution >= 0.6 is 0 Å². The Balaban J connectivity index is 1.71. The van der Waals surface area contributed by atoms with Crippen molar-refractivity contribution < 1.29 is 4.74 Å². The summed E-state index contributed by atoms with van der Waals surface area (Å²) in [6.07, 6.45) is 3.70. The van der Waals surface area contributed by atoms with E-state index in [1.54, 1.807) is 13.3 Å². The third-order valence-electron chi connectivity index (χ3n) is 4.52. The lowest BCUT2D eigenvalue weighted by atomic mass is 10.2. The van der Waals surface area contributed by atoms with Crippen LogP contribution in [0.2, 0.25) is 0 Å². The number of hydrogen-bond acceptors (Lipinski definition) is 4. The maximum Gasteiger partial charge on any atom is 0.137 e. The van der Waals surface area contributed by atoms with Gasteiger partial charge in [-0.25, -0.2) is 4.98 Å². The van der Waals surface area contributed by atoms with Crippen LogP contribution in [0.25, 0.3) is 16.7 Å². The molecule has 0 atom stereocenters. The molecule has 130 valence electrons. The zero-order valence-corrected chi connectivity index (χ0v) is 14.8. The molecule has 0 aliphatic rings. The molecule has 2 aromatic heterocycles. The lowest BCUT2D eigenvalue weighted by Crippen LogP contribution is -2.09. The number of benzene rings is 2. The second-order valence-corrected chi connectivity index (χ2v) is 6.14. The molecule has 0 bridgehead atoms. The van der Waals surface area contributed by atoms with Crippen molar-refractivity contribution in [2.75, 3.05) is 24.8 Å². The van der Waals surface area contributed by atoms with Crippen LogP contribution in [0.3, 0.4) is 0 Å². The summed E-state index contributed by atoms with van der Waals surface area (Å²) in [5.74, 6) is 1.69. The van der Waals surface area contributed by atoms with Crippen LogP contribution in [0.5, 0.6) is 5.75 Å². The Kier molecular flexibility index (Phi) is 3.97. The SMILES string of the molecule is COc1cccc(N(C)c2ccc3c(ccn3-c3ccc(N)cn3)c2)c1. The fourth-order valence-electron chi connectivity index (χ4n) is 3.05. The zero-order valence-electron chi connectivity index (χ0n) is 14.8. The smallest absolute Gasteiger partial charge is 0.137 e. The average molecular weight is 344 g/mol. The van der Waals surface area contributed by atoms with Crippen LogP contribution in [0.15, 0.2) is 73.1 Å². The topological polar surface area (TPSA) is 56.3 Å². The lowest BCUT2D eigenvalue weighted by molar-refractivity contribution is 0.415. The van der Waals surface area contributed by atoms with E-state index in [2.05, 4.69) is 51.8 Å². The molecule has 5 heteroatoms. The van der Waals surface area contributed by atoms with Gasteiger partial charge in [0.1, 0.15) is 11.6 Å². The Labute approximate surface area is 152 Å². The first-order chi connectivity index (χ1) is 12.7. The van der Waals surface area contributed by atoms with E-state index in [-0.39, 0.29) is 0 Å². The molecule has 26 heavy (non-hydrogen) atoms. The van der Waals surface area contributed by atoms with Gasteiger partial charge in [-0.15, -0.1) is 0 Å². The van der Waals surface area contributed by atoms with Gasteiger partial charge in [-0.1, -0.05) is 6.07 Å². The normalized spacial score (nSPS) is 10.8.